The van der Waals surface area contributed by atoms with E-state index in [0.717, 1.165) is 16.3 Å². The minimum atomic E-state index is -2.78. The van der Waals surface area contributed by atoms with Crippen LogP contribution < -0.4 is 5.73 Å². The third-order valence-electron chi connectivity index (χ3n) is 4.45. The van der Waals surface area contributed by atoms with Crippen molar-refractivity contribution in [2.24, 2.45) is 17.9 Å². The lowest BCUT2D eigenvalue weighted by Gasteiger charge is -2.16. The van der Waals surface area contributed by atoms with E-state index in [2.05, 4.69) is 10.3 Å². The number of hydrogen-bond acceptors (Lipinski definition) is 4. The maximum Gasteiger partial charge on any atom is 0.385 e. The van der Waals surface area contributed by atoms with E-state index in [4.69, 9.17) is 10.6 Å². The summed E-state index contributed by atoms with van der Waals surface area (Å²) < 4.78 is 40.5. The van der Waals surface area contributed by atoms with Crippen LogP contribution >= 0.6 is 0 Å². The lowest BCUT2D eigenvalue weighted by atomic mass is 9.93. The second-order valence-corrected chi connectivity index (χ2v) is 6.30. The number of halogens is 3. The van der Waals surface area contributed by atoms with Gasteiger partial charge in [0.1, 0.15) is 11.5 Å². The van der Waals surface area contributed by atoms with Crippen LogP contribution in [0.15, 0.2) is 29.4 Å². The summed E-state index contributed by atoms with van der Waals surface area (Å²) in [5.41, 5.74) is 5.65. The summed E-state index contributed by atoms with van der Waals surface area (Å²) in [5, 5.41) is 7.27. The van der Waals surface area contributed by atoms with Gasteiger partial charge in [0.25, 0.3) is 6.43 Å². The number of aromatic nitrogens is 2. The molecule has 1 fully saturated rings. The summed E-state index contributed by atoms with van der Waals surface area (Å²) >= 11 is 0. The van der Waals surface area contributed by atoms with Gasteiger partial charge < -0.3 is 10.6 Å². The molecule has 26 heavy (non-hydrogen) atoms. The molecular formula is C17H17F3N4O2. The topological polar surface area (TPSA) is 82.5 Å². The van der Waals surface area contributed by atoms with Gasteiger partial charge in [-0.3, -0.25) is 4.68 Å². The number of amidine groups is 1. The van der Waals surface area contributed by atoms with Gasteiger partial charge in [0, 0.05) is 18.7 Å². The van der Waals surface area contributed by atoms with E-state index in [9.17, 15) is 18.0 Å². The molecule has 2 N–H and O–H groups in total. The smallest absolute Gasteiger partial charge is 0.384 e. The highest BCUT2D eigenvalue weighted by molar-refractivity contribution is 5.95. The van der Waals surface area contributed by atoms with Gasteiger partial charge in [-0.05, 0) is 25.8 Å². The highest BCUT2D eigenvalue weighted by Gasteiger charge is 2.50. The summed E-state index contributed by atoms with van der Waals surface area (Å²) in [6.45, 7) is 1.83. The van der Waals surface area contributed by atoms with Gasteiger partial charge in [0.15, 0.2) is 11.5 Å². The molecule has 9 heteroatoms. The van der Waals surface area contributed by atoms with Crippen molar-refractivity contribution in [1.29, 1.82) is 0 Å². The molecule has 138 valence electrons. The van der Waals surface area contributed by atoms with E-state index in [1.807, 2.05) is 6.92 Å². The third-order valence-corrected chi connectivity index (χ3v) is 4.45. The highest BCUT2D eigenvalue weighted by atomic mass is 19.3. The average Bonchev–Trinajstić information content (AvgIpc) is 3.30. The first-order valence-corrected chi connectivity index (χ1v) is 7.88. The van der Waals surface area contributed by atoms with Gasteiger partial charge in [-0.15, -0.1) is 0 Å². The molecule has 3 rings (SSSR count). The number of alkyl halides is 2. The van der Waals surface area contributed by atoms with Crippen molar-refractivity contribution >= 4 is 11.8 Å². The number of aryl methyl sites for hydroxylation is 2. The second-order valence-electron chi connectivity index (χ2n) is 6.30. The number of nitrogens with zero attached hydrogens (tertiary/aromatic N) is 3. The van der Waals surface area contributed by atoms with Crippen LogP contribution in [0.4, 0.5) is 13.2 Å². The van der Waals surface area contributed by atoms with Crippen LogP contribution in [-0.2, 0) is 17.3 Å². The van der Waals surface area contributed by atoms with E-state index in [-0.39, 0.29) is 11.5 Å². The largest absolute Gasteiger partial charge is 0.385 e. The number of carbonyl (C=O) groups excluding carboxylic acids is 1. The van der Waals surface area contributed by atoms with Crippen LogP contribution in [-0.4, -0.2) is 21.6 Å². The first-order chi connectivity index (χ1) is 12.2. The van der Waals surface area contributed by atoms with Crippen molar-refractivity contribution in [2.45, 2.75) is 31.6 Å². The van der Waals surface area contributed by atoms with Crippen LogP contribution in [0.1, 0.15) is 46.6 Å². The Hall–Kier alpha value is -2.84. The molecule has 2 aromatic rings. The molecular weight excluding hydrogens is 349 g/mol. The van der Waals surface area contributed by atoms with Crippen molar-refractivity contribution in [3.63, 3.8) is 0 Å². The molecule has 1 aliphatic carbocycles. The maximum absolute atomic E-state index is 14.2. The van der Waals surface area contributed by atoms with Gasteiger partial charge in [-0.25, -0.2) is 18.0 Å². The molecule has 1 aromatic carbocycles. The summed E-state index contributed by atoms with van der Waals surface area (Å²) in [6, 6.07) is 5.60. The Kier molecular flexibility index (Phi) is 4.47. The van der Waals surface area contributed by atoms with Crippen molar-refractivity contribution < 1.29 is 22.8 Å². The number of rotatable bonds is 5. The van der Waals surface area contributed by atoms with E-state index in [0.29, 0.717) is 18.4 Å². The van der Waals surface area contributed by atoms with Crippen LogP contribution in [0.25, 0.3) is 0 Å². The zero-order valence-corrected chi connectivity index (χ0v) is 14.2. The number of oxime groups is 1. The first-order valence-electron chi connectivity index (χ1n) is 7.88. The summed E-state index contributed by atoms with van der Waals surface area (Å²) in [7, 11) is 1.29. The van der Waals surface area contributed by atoms with Crippen molar-refractivity contribution in [3.8, 4) is 0 Å². The zero-order chi connectivity index (χ0) is 19.1. The Balaban J connectivity index is 1.79. The predicted octanol–water partition coefficient (Wildman–Crippen LogP) is 2.97. The van der Waals surface area contributed by atoms with Crippen LogP contribution in [0.5, 0.6) is 0 Å². The standard InChI is InChI=1S/C17H17F3N4O2/c1-9-3-4-11(18)10(7-9)17(5-6-17)16(21)23-26-15(25)12-8-13(14(19)20)24(2)22-12/h3-4,7-8,14H,5-6H2,1-2H3,(H2,21,23). The molecule has 1 aromatic heterocycles. The van der Waals surface area contributed by atoms with Gasteiger partial charge >= 0.3 is 5.97 Å². The fraction of sp³-hybridized carbons (Fsp3) is 0.353. The minimum Gasteiger partial charge on any atom is -0.384 e. The molecule has 1 aliphatic rings. The zero-order valence-electron chi connectivity index (χ0n) is 14.2. The fourth-order valence-corrected chi connectivity index (χ4v) is 2.80. The Morgan fingerprint density at radius 1 is 1.38 bits per heavy atom. The average molecular weight is 366 g/mol. The van der Waals surface area contributed by atoms with Gasteiger partial charge in [-0.1, -0.05) is 22.9 Å². The number of carbonyl (C=O) groups is 1. The summed E-state index contributed by atoms with van der Waals surface area (Å²) in [5.74, 6) is -1.47. The van der Waals surface area contributed by atoms with E-state index in [1.54, 1.807) is 12.1 Å². The maximum atomic E-state index is 14.2. The lowest BCUT2D eigenvalue weighted by Crippen LogP contribution is -2.30. The summed E-state index contributed by atoms with van der Waals surface area (Å²) in [6.07, 6.45) is -1.64. The number of benzene rings is 1. The highest BCUT2D eigenvalue weighted by Crippen LogP contribution is 2.49. The molecule has 0 atom stereocenters. The SMILES string of the molecule is Cc1ccc(F)c(C2(/C(N)=N/OC(=O)c3cc(C(F)F)n(C)n3)CC2)c1. The van der Waals surface area contributed by atoms with Gasteiger partial charge in [0.05, 0.1) is 5.41 Å². The van der Waals surface area contributed by atoms with Gasteiger partial charge in [0.2, 0.25) is 0 Å². The Morgan fingerprint density at radius 2 is 2.08 bits per heavy atom. The fourth-order valence-electron chi connectivity index (χ4n) is 2.80. The van der Waals surface area contributed by atoms with Crippen molar-refractivity contribution in [2.75, 3.05) is 0 Å². The van der Waals surface area contributed by atoms with Crippen molar-refractivity contribution in [3.05, 3.63) is 52.6 Å². The minimum absolute atomic E-state index is 0.0413. The molecule has 6 nitrogen and oxygen atoms in total. The quantitative estimate of drug-likeness (QED) is 0.382. The Morgan fingerprint density at radius 3 is 2.65 bits per heavy atom. The third kappa shape index (κ3) is 3.16. The molecule has 0 amide bonds. The lowest BCUT2D eigenvalue weighted by molar-refractivity contribution is 0.0506. The molecule has 0 bridgehead atoms. The number of nitrogens with two attached hydrogens (primary N) is 1. The predicted molar refractivity (Wildman–Crippen MR) is 87.3 cm³/mol. The van der Waals surface area contributed by atoms with E-state index < -0.39 is 29.3 Å². The Labute approximate surface area is 147 Å². The molecule has 0 spiro atoms. The monoisotopic (exact) mass is 366 g/mol. The van der Waals surface area contributed by atoms with Crippen LogP contribution in [0.2, 0.25) is 0 Å². The molecule has 0 saturated heterocycles. The second kappa shape index (κ2) is 6.47. The van der Waals surface area contributed by atoms with Crippen molar-refractivity contribution in [1.82, 2.24) is 9.78 Å². The first kappa shape index (κ1) is 18.0. The molecule has 1 saturated carbocycles. The van der Waals surface area contributed by atoms with Crippen LogP contribution in [0, 0.1) is 12.7 Å². The van der Waals surface area contributed by atoms with E-state index >= 15 is 0 Å². The molecule has 0 radical (unpaired) electrons. The molecule has 0 unspecified atom stereocenters. The van der Waals surface area contributed by atoms with Crippen LogP contribution in [0.3, 0.4) is 0 Å². The normalized spacial score (nSPS) is 16.0. The molecule has 0 aliphatic heterocycles. The van der Waals surface area contributed by atoms with Gasteiger partial charge in [-0.2, -0.15) is 5.10 Å². The number of hydrogen-bond donors (Lipinski definition) is 1. The summed E-state index contributed by atoms with van der Waals surface area (Å²) in [4.78, 5) is 16.7. The Bertz CT molecular complexity index is 888. The molecule has 1 heterocycles. The van der Waals surface area contributed by atoms with E-state index in [1.165, 1.54) is 13.1 Å².